The van der Waals surface area contributed by atoms with Gasteiger partial charge in [-0.25, -0.2) is 0 Å². The van der Waals surface area contributed by atoms with Gasteiger partial charge >= 0.3 is 0 Å². The van der Waals surface area contributed by atoms with Crippen molar-refractivity contribution in [1.82, 2.24) is 5.32 Å². The van der Waals surface area contributed by atoms with Gasteiger partial charge in [-0.2, -0.15) is 0 Å². The van der Waals surface area contributed by atoms with E-state index in [4.69, 9.17) is 0 Å². The van der Waals surface area contributed by atoms with Crippen molar-refractivity contribution in [2.75, 3.05) is 5.32 Å². The van der Waals surface area contributed by atoms with Crippen molar-refractivity contribution in [2.24, 2.45) is 5.92 Å². The summed E-state index contributed by atoms with van der Waals surface area (Å²) in [7, 11) is 0. The van der Waals surface area contributed by atoms with Crippen molar-refractivity contribution in [3.63, 3.8) is 0 Å². The summed E-state index contributed by atoms with van der Waals surface area (Å²) in [5.74, 6) is -0.480. The van der Waals surface area contributed by atoms with Gasteiger partial charge in [0.25, 0.3) is 5.91 Å². The minimum atomic E-state index is -0.597. The number of hydrogen-bond acceptors (Lipinski definition) is 2. The summed E-state index contributed by atoms with van der Waals surface area (Å²) in [5.41, 5.74) is 3.49. The van der Waals surface area contributed by atoms with Gasteiger partial charge in [-0.05, 0) is 44.0 Å². The monoisotopic (exact) mass is 324 g/mol. The van der Waals surface area contributed by atoms with Crippen LogP contribution in [-0.2, 0) is 4.79 Å². The Bertz CT molecular complexity index is 703. The highest BCUT2D eigenvalue weighted by Crippen LogP contribution is 2.12. The van der Waals surface area contributed by atoms with Crippen LogP contribution >= 0.6 is 0 Å². The highest BCUT2D eigenvalue weighted by molar-refractivity contribution is 6.01. The number of carbonyl (C=O) groups excluding carboxylic acids is 2. The molecule has 0 unspecified atom stereocenters. The van der Waals surface area contributed by atoms with Crippen LogP contribution in [0.25, 0.3) is 0 Å². The molecule has 0 spiro atoms. The molecule has 0 saturated carbocycles. The summed E-state index contributed by atoms with van der Waals surface area (Å²) in [6.07, 6.45) is 0. The molecule has 2 aromatic carbocycles. The maximum Gasteiger partial charge on any atom is 0.251 e. The van der Waals surface area contributed by atoms with E-state index in [0.717, 1.165) is 16.8 Å². The van der Waals surface area contributed by atoms with E-state index in [1.165, 1.54) is 0 Å². The van der Waals surface area contributed by atoms with Crippen LogP contribution < -0.4 is 10.6 Å². The van der Waals surface area contributed by atoms with E-state index in [9.17, 15) is 9.59 Å². The molecule has 0 aliphatic carbocycles. The third-order valence-corrected chi connectivity index (χ3v) is 3.87. The molecule has 0 radical (unpaired) electrons. The average Bonchev–Trinajstić information content (AvgIpc) is 2.54. The van der Waals surface area contributed by atoms with E-state index in [0.29, 0.717) is 5.56 Å². The molecule has 0 aromatic heterocycles. The fourth-order valence-electron chi connectivity index (χ4n) is 2.32. The molecule has 0 saturated heterocycles. The smallest absolute Gasteiger partial charge is 0.251 e. The molecule has 0 aliphatic rings. The first kappa shape index (κ1) is 17.7. The largest absolute Gasteiger partial charge is 0.340 e. The molecule has 4 heteroatoms. The summed E-state index contributed by atoms with van der Waals surface area (Å²) in [6, 6.07) is 14.3. The van der Waals surface area contributed by atoms with Gasteiger partial charge < -0.3 is 10.6 Å². The average molecular weight is 324 g/mol. The fraction of sp³-hybridized carbons (Fsp3) is 0.300. The summed E-state index contributed by atoms with van der Waals surface area (Å²) in [4.78, 5) is 24.9. The third kappa shape index (κ3) is 4.69. The van der Waals surface area contributed by atoms with Crippen LogP contribution in [0.1, 0.15) is 35.3 Å². The van der Waals surface area contributed by atoms with Crippen molar-refractivity contribution >= 4 is 17.5 Å². The Hall–Kier alpha value is -2.62. The maximum atomic E-state index is 12.5. The van der Waals surface area contributed by atoms with E-state index in [1.54, 1.807) is 12.1 Å². The lowest BCUT2D eigenvalue weighted by atomic mass is 10.0. The number of carbonyl (C=O) groups is 2. The van der Waals surface area contributed by atoms with Crippen LogP contribution in [0.2, 0.25) is 0 Å². The molecule has 2 aromatic rings. The predicted molar refractivity (Wildman–Crippen MR) is 97.1 cm³/mol. The van der Waals surface area contributed by atoms with Gasteiger partial charge in [0.15, 0.2) is 0 Å². The minimum absolute atomic E-state index is 0.0233. The first-order valence-electron chi connectivity index (χ1n) is 8.12. The van der Waals surface area contributed by atoms with Crippen molar-refractivity contribution in [2.45, 2.75) is 33.7 Å². The summed E-state index contributed by atoms with van der Waals surface area (Å²) in [5, 5.41) is 5.70. The molecule has 0 heterocycles. The van der Waals surface area contributed by atoms with Crippen LogP contribution in [0.5, 0.6) is 0 Å². The van der Waals surface area contributed by atoms with Gasteiger partial charge in [0, 0.05) is 11.3 Å². The highest BCUT2D eigenvalue weighted by Gasteiger charge is 2.24. The molecule has 0 aliphatic heterocycles. The Morgan fingerprint density at radius 2 is 1.33 bits per heavy atom. The molecule has 2 N–H and O–H groups in total. The van der Waals surface area contributed by atoms with Crippen molar-refractivity contribution < 1.29 is 9.59 Å². The second-order valence-corrected chi connectivity index (χ2v) is 6.42. The fourth-order valence-corrected chi connectivity index (χ4v) is 2.32. The van der Waals surface area contributed by atoms with Crippen LogP contribution in [0.15, 0.2) is 48.5 Å². The molecule has 2 rings (SSSR count). The zero-order valence-electron chi connectivity index (χ0n) is 14.6. The lowest BCUT2D eigenvalue weighted by Crippen LogP contribution is -2.47. The van der Waals surface area contributed by atoms with Gasteiger partial charge in [0.1, 0.15) is 6.04 Å². The Morgan fingerprint density at radius 1 is 0.833 bits per heavy atom. The summed E-state index contributed by atoms with van der Waals surface area (Å²) < 4.78 is 0. The van der Waals surface area contributed by atoms with Crippen LogP contribution in [0.4, 0.5) is 5.69 Å². The highest BCUT2D eigenvalue weighted by atomic mass is 16.2. The summed E-state index contributed by atoms with van der Waals surface area (Å²) in [6.45, 7) is 7.78. The molecule has 24 heavy (non-hydrogen) atoms. The Labute approximate surface area is 143 Å². The normalized spacial score (nSPS) is 11.9. The van der Waals surface area contributed by atoms with E-state index in [1.807, 2.05) is 64.1 Å². The molecule has 1 atom stereocenters. The van der Waals surface area contributed by atoms with Gasteiger partial charge in [-0.3, -0.25) is 9.59 Å². The van der Waals surface area contributed by atoms with Crippen LogP contribution in [-0.4, -0.2) is 17.9 Å². The van der Waals surface area contributed by atoms with E-state index < -0.39 is 6.04 Å². The van der Waals surface area contributed by atoms with Crippen molar-refractivity contribution in [3.05, 3.63) is 65.2 Å². The molecule has 0 fully saturated rings. The zero-order chi connectivity index (χ0) is 17.7. The minimum Gasteiger partial charge on any atom is -0.340 e. The second kappa shape index (κ2) is 7.77. The molecule has 0 bridgehead atoms. The number of anilines is 1. The van der Waals surface area contributed by atoms with Gasteiger partial charge in [0.2, 0.25) is 5.91 Å². The first-order chi connectivity index (χ1) is 11.4. The number of nitrogens with one attached hydrogen (secondary N) is 2. The third-order valence-electron chi connectivity index (χ3n) is 3.87. The molecular formula is C20H24N2O2. The van der Waals surface area contributed by atoms with Gasteiger partial charge in [-0.1, -0.05) is 49.2 Å². The topological polar surface area (TPSA) is 58.2 Å². The Morgan fingerprint density at radius 3 is 1.83 bits per heavy atom. The van der Waals surface area contributed by atoms with Gasteiger partial charge in [0.05, 0.1) is 0 Å². The van der Waals surface area contributed by atoms with Crippen molar-refractivity contribution in [3.8, 4) is 0 Å². The zero-order valence-corrected chi connectivity index (χ0v) is 14.6. The predicted octanol–water partition coefficient (Wildman–Crippen LogP) is 3.70. The number of benzene rings is 2. The number of rotatable bonds is 5. The SMILES string of the molecule is Cc1ccc(NC(=O)[C@@H](NC(=O)c2ccc(C)cc2)C(C)C)cc1. The maximum absolute atomic E-state index is 12.5. The summed E-state index contributed by atoms with van der Waals surface area (Å²) >= 11 is 0. The van der Waals surface area contributed by atoms with Crippen LogP contribution in [0.3, 0.4) is 0 Å². The van der Waals surface area contributed by atoms with Crippen LogP contribution in [0, 0.1) is 19.8 Å². The quantitative estimate of drug-likeness (QED) is 0.881. The number of hydrogen-bond donors (Lipinski definition) is 2. The Kier molecular flexibility index (Phi) is 5.74. The molecule has 2 amide bonds. The number of amides is 2. The lowest BCUT2D eigenvalue weighted by Gasteiger charge is -2.22. The van der Waals surface area contributed by atoms with Crippen molar-refractivity contribution in [1.29, 1.82) is 0 Å². The standard InChI is InChI=1S/C20H24N2O2/c1-13(2)18(20(24)21-17-11-7-15(4)8-12-17)22-19(23)16-9-5-14(3)6-10-16/h5-13,18H,1-4H3,(H,21,24)(H,22,23)/t18-/m0/s1. The Balaban J connectivity index is 2.07. The lowest BCUT2D eigenvalue weighted by molar-refractivity contribution is -0.118. The second-order valence-electron chi connectivity index (χ2n) is 6.42. The molecule has 4 nitrogen and oxygen atoms in total. The van der Waals surface area contributed by atoms with Gasteiger partial charge in [-0.15, -0.1) is 0 Å². The number of aryl methyl sites for hydroxylation is 2. The van der Waals surface area contributed by atoms with E-state index in [-0.39, 0.29) is 17.7 Å². The van der Waals surface area contributed by atoms with E-state index >= 15 is 0 Å². The molecule has 126 valence electrons. The first-order valence-corrected chi connectivity index (χ1v) is 8.12. The van der Waals surface area contributed by atoms with E-state index in [2.05, 4.69) is 10.6 Å². The molecular weight excluding hydrogens is 300 g/mol.